The fraction of sp³-hybridized carbons (Fsp3) is 0.353. The lowest BCUT2D eigenvalue weighted by Crippen LogP contribution is -2.24. The van der Waals surface area contributed by atoms with Crippen LogP contribution in [-0.2, 0) is 10.9 Å². The zero-order valence-electron chi connectivity index (χ0n) is 14.7. The molecule has 3 aromatic rings. The molecule has 9 nitrogen and oxygen atoms in total. The third-order valence-corrected chi connectivity index (χ3v) is 4.71. The first kappa shape index (κ1) is 19.4. The molecule has 1 fully saturated rings. The number of imidazole rings is 1. The lowest BCUT2D eigenvalue weighted by Gasteiger charge is -2.17. The van der Waals surface area contributed by atoms with Gasteiger partial charge >= 0.3 is 6.18 Å². The average molecular weight is 411 g/mol. The van der Waals surface area contributed by atoms with Crippen molar-refractivity contribution in [3.63, 3.8) is 0 Å². The number of nitrogens with zero attached hydrogens (tertiary/aromatic N) is 3. The number of ether oxygens (including phenoxy) is 1. The number of nitrogens with one attached hydrogen (secondary N) is 1. The molecule has 1 saturated heterocycles. The number of benzene rings is 1. The Morgan fingerprint density at radius 1 is 1.28 bits per heavy atom. The van der Waals surface area contributed by atoms with E-state index in [4.69, 9.17) is 10.5 Å². The summed E-state index contributed by atoms with van der Waals surface area (Å²) in [4.78, 5) is 22.9. The fourth-order valence-electron chi connectivity index (χ4n) is 3.32. The number of halogens is 3. The second kappa shape index (κ2) is 6.83. The predicted octanol–water partition coefficient (Wildman–Crippen LogP) is 1.03. The van der Waals surface area contributed by atoms with Crippen LogP contribution >= 0.6 is 0 Å². The van der Waals surface area contributed by atoms with Crippen molar-refractivity contribution in [1.82, 2.24) is 19.5 Å². The number of aromatic nitrogens is 4. The number of H-pyrrole nitrogens is 1. The highest BCUT2D eigenvalue weighted by molar-refractivity contribution is 5.77. The van der Waals surface area contributed by atoms with Gasteiger partial charge in [0.25, 0.3) is 5.56 Å². The van der Waals surface area contributed by atoms with Crippen LogP contribution in [0.3, 0.4) is 0 Å². The molecule has 0 unspecified atom stereocenters. The van der Waals surface area contributed by atoms with E-state index in [1.54, 1.807) is 0 Å². The Bertz CT molecular complexity index is 1110. The van der Waals surface area contributed by atoms with Crippen LogP contribution in [0.4, 0.5) is 19.1 Å². The van der Waals surface area contributed by atoms with Gasteiger partial charge in [0.2, 0.25) is 5.95 Å². The summed E-state index contributed by atoms with van der Waals surface area (Å²) < 4.78 is 45.7. The van der Waals surface area contributed by atoms with Crippen LogP contribution in [0.15, 0.2) is 29.1 Å². The smallest absolute Gasteiger partial charge is 0.394 e. The fourth-order valence-corrected chi connectivity index (χ4v) is 3.32. The normalized spacial score (nSPS) is 22.4. The molecule has 3 atom stereocenters. The number of hydrogen-bond acceptors (Lipinski definition) is 7. The summed E-state index contributed by atoms with van der Waals surface area (Å²) in [7, 11) is 0. The topological polar surface area (TPSA) is 139 Å². The van der Waals surface area contributed by atoms with Crippen LogP contribution in [0.2, 0.25) is 0 Å². The number of aliphatic hydroxyl groups excluding tert-OH is 2. The van der Waals surface area contributed by atoms with Gasteiger partial charge in [0.15, 0.2) is 11.2 Å². The van der Waals surface area contributed by atoms with Gasteiger partial charge in [0.05, 0.1) is 18.3 Å². The van der Waals surface area contributed by atoms with E-state index in [0.29, 0.717) is 0 Å². The maximum absolute atomic E-state index is 12.9. The summed E-state index contributed by atoms with van der Waals surface area (Å²) in [5, 5.41) is 19.4. The molecule has 154 valence electrons. The minimum atomic E-state index is -4.50. The highest BCUT2D eigenvalue weighted by atomic mass is 19.4. The minimum absolute atomic E-state index is 0.0527. The van der Waals surface area contributed by atoms with Crippen LogP contribution in [0, 0.1) is 0 Å². The van der Waals surface area contributed by atoms with Crippen molar-refractivity contribution in [2.45, 2.75) is 31.0 Å². The standard InChI is InChI=1S/C17H16F3N5O4/c18-17(19,20)8-3-1-7(2-4-8)13-22-12-14(23-16(21)24-15(12)28)25(13)11-5-9(27)10(6-26)29-11/h1-4,9-11,26-27H,5-6H2,(H3,21,23,24,28)/t9-,10+,11+/m0/s1. The second-order valence-electron chi connectivity index (χ2n) is 6.62. The predicted molar refractivity (Wildman–Crippen MR) is 94.6 cm³/mol. The molecule has 3 heterocycles. The lowest BCUT2D eigenvalue weighted by atomic mass is 10.1. The van der Waals surface area contributed by atoms with Crippen molar-refractivity contribution in [2.75, 3.05) is 12.3 Å². The minimum Gasteiger partial charge on any atom is -0.394 e. The molecule has 2 aromatic heterocycles. The maximum atomic E-state index is 12.9. The van der Waals surface area contributed by atoms with Gasteiger partial charge in [-0.1, -0.05) is 12.1 Å². The number of fused-ring (bicyclic) bond motifs is 1. The van der Waals surface area contributed by atoms with E-state index < -0.39 is 42.3 Å². The lowest BCUT2D eigenvalue weighted by molar-refractivity contribution is -0.137. The monoisotopic (exact) mass is 411 g/mol. The molecule has 0 radical (unpaired) electrons. The van der Waals surface area contributed by atoms with Crippen LogP contribution < -0.4 is 11.3 Å². The summed E-state index contributed by atoms with van der Waals surface area (Å²) in [6.45, 7) is -0.434. The Hall–Kier alpha value is -2.96. The van der Waals surface area contributed by atoms with Crippen molar-refractivity contribution in [1.29, 1.82) is 0 Å². The largest absolute Gasteiger partial charge is 0.416 e. The number of hydrogen-bond donors (Lipinski definition) is 4. The van der Waals surface area contributed by atoms with Gasteiger partial charge in [-0.15, -0.1) is 0 Å². The quantitative estimate of drug-likeness (QED) is 0.505. The van der Waals surface area contributed by atoms with E-state index in [2.05, 4.69) is 15.0 Å². The molecule has 0 amide bonds. The molecule has 1 aliphatic rings. The van der Waals surface area contributed by atoms with Crippen molar-refractivity contribution < 1.29 is 28.1 Å². The van der Waals surface area contributed by atoms with Gasteiger partial charge in [-0.05, 0) is 12.1 Å². The number of nitrogen functional groups attached to an aromatic ring is 1. The van der Waals surface area contributed by atoms with E-state index in [1.165, 1.54) is 16.7 Å². The third-order valence-electron chi connectivity index (χ3n) is 4.71. The van der Waals surface area contributed by atoms with Crippen LogP contribution in [-0.4, -0.2) is 48.5 Å². The van der Waals surface area contributed by atoms with Crippen LogP contribution in [0.5, 0.6) is 0 Å². The third kappa shape index (κ3) is 3.34. The molecule has 5 N–H and O–H groups in total. The van der Waals surface area contributed by atoms with Crippen molar-refractivity contribution >= 4 is 17.1 Å². The first-order valence-electron chi connectivity index (χ1n) is 8.58. The SMILES string of the molecule is Nc1nc2c(nc(-c3ccc(C(F)(F)F)cc3)n2[C@H]2C[C@H](O)[C@@H](CO)O2)c(=O)[nH]1. The van der Waals surface area contributed by atoms with E-state index in [-0.39, 0.29) is 34.9 Å². The highest BCUT2D eigenvalue weighted by Crippen LogP contribution is 2.36. The number of nitrogens with two attached hydrogens (primary N) is 1. The van der Waals surface area contributed by atoms with Crippen molar-refractivity contribution in [3.05, 3.63) is 40.2 Å². The van der Waals surface area contributed by atoms with Gasteiger partial charge < -0.3 is 20.7 Å². The average Bonchev–Trinajstić information content (AvgIpc) is 3.21. The summed E-state index contributed by atoms with van der Waals surface area (Å²) in [6, 6.07) is 4.22. The Labute approximate surface area is 160 Å². The first-order valence-corrected chi connectivity index (χ1v) is 8.58. The summed E-state index contributed by atoms with van der Waals surface area (Å²) >= 11 is 0. The summed E-state index contributed by atoms with van der Waals surface area (Å²) in [5.41, 5.74) is 4.41. The number of anilines is 1. The van der Waals surface area contributed by atoms with Gasteiger partial charge in [-0.2, -0.15) is 18.2 Å². The van der Waals surface area contributed by atoms with Crippen molar-refractivity contribution in [2.24, 2.45) is 0 Å². The van der Waals surface area contributed by atoms with Gasteiger partial charge in [-0.25, -0.2) is 4.98 Å². The number of rotatable bonds is 3. The van der Waals surface area contributed by atoms with E-state index in [0.717, 1.165) is 12.1 Å². The molecule has 0 bridgehead atoms. The zero-order valence-corrected chi connectivity index (χ0v) is 14.7. The molecule has 1 aromatic carbocycles. The van der Waals surface area contributed by atoms with Gasteiger partial charge in [0.1, 0.15) is 18.2 Å². The second-order valence-corrected chi connectivity index (χ2v) is 6.62. The number of alkyl halides is 3. The molecule has 4 rings (SSSR count). The van der Waals surface area contributed by atoms with E-state index in [1.807, 2.05) is 0 Å². The van der Waals surface area contributed by atoms with Crippen LogP contribution in [0.1, 0.15) is 18.2 Å². The zero-order chi connectivity index (χ0) is 20.9. The molecular weight excluding hydrogens is 395 g/mol. The Balaban J connectivity index is 1.90. The number of aromatic amines is 1. The van der Waals surface area contributed by atoms with E-state index in [9.17, 15) is 28.2 Å². The molecule has 0 saturated carbocycles. The molecule has 0 aliphatic carbocycles. The van der Waals surface area contributed by atoms with E-state index >= 15 is 0 Å². The Morgan fingerprint density at radius 2 is 1.97 bits per heavy atom. The van der Waals surface area contributed by atoms with Gasteiger partial charge in [0, 0.05) is 12.0 Å². The number of aliphatic hydroxyl groups is 2. The molecule has 29 heavy (non-hydrogen) atoms. The molecule has 0 spiro atoms. The molecule has 1 aliphatic heterocycles. The first-order chi connectivity index (χ1) is 13.7. The Morgan fingerprint density at radius 3 is 2.55 bits per heavy atom. The summed E-state index contributed by atoms with van der Waals surface area (Å²) in [5.74, 6) is -0.0620. The van der Waals surface area contributed by atoms with Gasteiger partial charge in [-0.3, -0.25) is 14.3 Å². The Kier molecular flexibility index (Phi) is 4.56. The maximum Gasteiger partial charge on any atom is 0.416 e. The van der Waals surface area contributed by atoms with Crippen molar-refractivity contribution in [3.8, 4) is 11.4 Å². The highest BCUT2D eigenvalue weighted by Gasteiger charge is 2.37. The molecule has 12 heteroatoms. The molecular formula is C17H16F3N5O4. The van der Waals surface area contributed by atoms with Crippen LogP contribution in [0.25, 0.3) is 22.6 Å². The summed E-state index contributed by atoms with van der Waals surface area (Å²) in [6.07, 6.45) is -7.16.